The van der Waals surface area contributed by atoms with Gasteiger partial charge in [-0.15, -0.1) is 0 Å². The number of hydrogen-bond donors (Lipinski definition) is 4. The van der Waals surface area contributed by atoms with Gasteiger partial charge in [0, 0.05) is 19.3 Å². The van der Waals surface area contributed by atoms with Gasteiger partial charge in [0.2, 0.25) is 0 Å². The van der Waals surface area contributed by atoms with Crippen LogP contribution in [0.5, 0.6) is 0 Å². The minimum atomic E-state index is -4.93. The molecule has 0 spiro atoms. The molecule has 0 bridgehead atoms. The molecule has 0 fully saturated rings. The molecule has 642 valence electrons. The Balaban J connectivity index is 4.32. The molecule has 0 amide bonds. The second-order valence-electron chi connectivity index (χ2n) is 30.0. The molecule has 0 saturated carbocycles. The van der Waals surface area contributed by atoms with E-state index >= 15 is 0 Å². The first-order valence-electron chi connectivity index (χ1n) is 44.8. The predicted octanol–water partition coefficient (Wildman–Crippen LogP) is 27.2. The fourth-order valence-corrected chi connectivity index (χ4v) is 13.9. The first-order chi connectivity index (χ1) is 54.2. The Morgan fingerprint density at radius 3 is 0.793 bits per heavy atom. The number of unbranched alkanes of at least 4 members (excludes halogenated alkanes) is 42. The highest BCUT2D eigenvalue weighted by Crippen LogP contribution is 2.45. The highest BCUT2D eigenvalue weighted by atomic mass is 31.2. The van der Waals surface area contributed by atoms with Crippen LogP contribution >= 0.6 is 15.6 Å². The van der Waals surface area contributed by atoms with Crippen molar-refractivity contribution in [3.8, 4) is 0 Å². The van der Waals surface area contributed by atoms with Crippen LogP contribution in [0.2, 0.25) is 0 Å². The third-order valence-corrected chi connectivity index (χ3v) is 21.0. The summed E-state index contributed by atoms with van der Waals surface area (Å²) in [6.07, 6.45) is 104. The van der Waals surface area contributed by atoms with Crippen LogP contribution in [0.15, 0.2) is 122 Å². The number of hydrogen-bond acceptors (Lipinski definition) is 14. The van der Waals surface area contributed by atoms with Gasteiger partial charge in [0.25, 0.3) is 0 Å². The fourth-order valence-electron chi connectivity index (χ4n) is 12.3. The summed E-state index contributed by atoms with van der Waals surface area (Å²) < 4.78 is 61.2. The predicted molar refractivity (Wildman–Crippen MR) is 463 cm³/mol. The van der Waals surface area contributed by atoms with Crippen LogP contribution in [0.1, 0.15) is 393 Å². The Hall–Kier alpha value is -4.05. The molecule has 0 aromatic carbocycles. The van der Waals surface area contributed by atoms with Gasteiger partial charge in [-0.2, -0.15) is 0 Å². The van der Waals surface area contributed by atoms with E-state index < -0.39 is 91.5 Å². The first kappa shape index (κ1) is 107. The summed E-state index contributed by atoms with van der Waals surface area (Å²) >= 11 is 0. The van der Waals surface area contributed by atoms with E-state index in [0.29, 0.717) is 19.3 Å². The molecule has 0 radical (unpaired) electrons. The average Bonchev–Trinajstić information content (AvgIpc) is 0.902. The van der Waals surface area contributed by atoms with Crippen LogP contribution in [-0.4, -0.2) is 95.9 Å². The standard InChI is InChI=1S/C93H164O16P2/c1-4-7-10-13-16-19-22-24-26-28-30-32-34-36-38-40-41-42-43-44-45-47-49-50-52-54-56-58-60-62-65-67-70-73-76-79-91(96)103-82-88(94)83-105-110(99,100)106-84-89(95)85-107-111(101,102)108-87-90(109-93(98)81-78-75-72-69-64-21-18-15-12-9-6-3)86-104-92(97)80-77-74-71-68-66-63-61-59-57-55-53-51-48-46-39-37-35-33-31-29-27-25-23-20-17-14-11-8-5-2/h8,11,15-20,24-27,30-33,36-39,88-90,94-95H,4-7,9-10,12-14,21-23,28-29,34-35,40-87H2,1-3H3,(H,99,100)(H,101,102)/b11-8-,18-15-,19-16-,20-17-,26-24-,27-25-,32-30-,33-31-,38-36-,39-37-. The Bertz CT molecular complexity index is 2500. The lowest BCUT2D eigenvalue weighted by atomic mass is 10.0. The normalized spacial score (nSPS) is 14.4. The summed E-state index contributed by atoms with van der Waals surface area (Å²) in [6, 6.07) is 0. The number of phosphoric ester groups is 2. The maximum absolute atomic E-state index is 12.9. The molecule has 0 aliphatic heterocycles. The van der Waals surface area contributed by atoms with Crippen molar-refractivity contribution in [3.63, 3.8) is 0 Å². The SMILES string of the molecule is CC/C=C\C/C=C\C/C=C\C/C=C\C/C=C\CCCCCCCCCCCCCCCC(=O)OCC(COP(=O)(O)OCC(O)COP(=O)(O)OCC(O)COC(=O)CCCCCCCCCCCCCCCCCCCCC/C=C\C/C=C\C/C=C\C/C=C\CCCCC)OC(=O)CCCCCCC/C=C\CCCC. The van der Waals surface area contributed by atoms with Crippen LogP contribution in [-0.2, 0) is 55.8 Å². The molecule has 0 aliphatic carbocycles. The number of aliphatic hydroxyl groups is 2. The second-order valence-corrected chi connectivity index (χ2v) is 32.9. The molecule has 0 aromatic heterocycles. The zero-order valence-corrected chi connectivity index (χ0v) is 72.4. The number of allylic oxidation sites excluding steroid dienone is 20. The van der Waals surface area contributed by atoms with Crippen LogP contribution in [0.3, 0.4) is 0 Å². The molecule has 0 rings (SSSR count). The van der Waals surface area contributed by atoms with E-state index in [9.17, 15) is 43.5 Å². The van der Waals surface area contributed by atoms with Gasteiger partial charge >= 0.3 is 33.6 Å². The topological polar surface area (TPSA) is 231 Å². The maximum atomic E-state index is 12.9. The molecule has 0 aliphatic rings. The maximum Gasteiger partial charge on any atom is 0.472 e. The van der Waals surface area contributed by atoms with Gasteiger partial charge in [-0.1, -0.05) is 367 Å². The van der Waals surface area contributed by atoms with E-state index in [1.807, 2.05) is 0 Å². The monoisotopic (exact) mass is 1600 g/mol. The first-order valence-corrected chi connectivity index (χ1v) is 47.8. The Morgan fingerprint density at radius 2 is 0.486 bits per heavy atom. The third-order valence-electron chi connectivity index (χ3n) is 19.1. The number of phosphoric acid groups is 2. The lowest BCUT2D eigenvalue weighted by molar-refractivity contribution is -0.161. The van der Waals surface area contributed by atoms with Crippen molar-refractivity contribution in [1.29, 1.82) is 0 Å². The number of esters is 3. The van der Waals surface area contributed by atoms with E-state index in [-0.39, 0.29) is 19.3 Å². The van der Waals surface area contributed by atoms with E-state index in [0.717, 1.165) is 135 Å². The minimum Gasteiger partial charge on any atom is -0.463 e. The quantitative estimate of drug-likeness (QED) is 0.0146. The van der Waals surface area contributed by atoms with E-state index in [2.05, 4.69) is 142 Å². The molecule has 16 nitrogen and oxygen atoms in total. The van der Waals surface area contributed by atoms with Crippen molar-refractivity contribution in [2.24, 2.45) is 0 Å². The number of carbonyl (C=O) groups excluding carboxylic acids is 3. The van der Waals surface area contributed by atoms with Crippen molar-refractivity contribution in [1.82, 2.24) is 0 Å². The highest BCUT2D eigenvalue weighted by molar-refractivity contribution is 7.47. The second kappa shape index (κ2) is 85.3. The Labute approximate surface area is 678 Å². The molecule has 0 aromatic rings. The Morgan fingerprint density at radius 1 is 0.261 bits per heavy atom. The van der Waals surface area contributed by atoms with Crippen LogP contribution in [0.4, 0.5) is 0 Å². The van der Waals surface area contributed by atoms with Gasteiger partial charge in [0.15, 0.2) is 6.10 Å². The molecular weight excluding hydrogens is 1430 g/mol. The summed E-state index contributed by atoms with van der Waals surface area (Å²) in [4.78, 5) is 58.7. The fraction of sp³-hybridized carbons (Fsp3) is 0.753. The van der Waals surface area contributed by atoms with Crippen molar-refractivity contribution in [2.75, 3.05) is 39.6 Å². The summed E-state index contributed by atoms with van der Waals surface area (Å²) in [7, 11) is -9.79. The average molecular weight is 1600 g/mol. The molecular formula is C93H164O16P2. The summed E-state index contributed by atoms with van der Waals surface area (Å²) in [6.45, 7) is 2.54. The van der Waals surface area contributed by atoms with E-state index in [1.165, 1.54) is 199 Å². The van der Waals surface area contributed by atoms with E-state index in [4.69, 9.17) is 32.3 Å². The van der Waals surface area contributed by atoms with Crippen LogP contribution in [0.25, 0.3) is 0 Å². The van der Waals surface area contributed by atoms with E-state index in [1.54, 1.807) is 0 Å². The molecule has 5 atom stereocenters. The lowest BCUT2D eigenvalue weighted by Crippen LogP contribution is -2.30. The number of aliphatic hydroxyl groups excluding tert-OH is 2. The molecule has 0 heterocycles. The molecule has 18 heteroatoms. The number of rotatable bonds is 85. The summed E-state index contributed by atoms with van der Waals surface area (Å²) in [5, 5.41) is 20.7. The zero-order valence-electron chi connectivity index (χ0n) is 70.6. The van der Waals surface area contributed by atoms with Gasteiger partial charge in [-0.05, 0) is 128 Å². The number of ether oxygens (including phenoxy) is 3. The van der Waals surface area contributed by atoms with Gasteiger partial charge in [0.05, 0.1) is 26.4 Å². The smallest absolute Gasteiger partial charge is 0.463 e. The van der Waals surface area contributed by atoms with Crippen LogP contribution in [0, 0.1) is 0 Å². The molecule has 4 N–H and O–H groups in total. The lowest BCUT2D eigenvalue weighted by Gasteiger charge is -2.21. The molecule has 111 heavy (non-hydrogen) atoms. The minimum absolute atomic E-state index is 0.0943. The summed E-state index contributed by atoms with van der Waals surface area (Å²) in [5.74, 6) is -1.57. The van der Waals surface area contributed by atoms with Gasteiger partial charge in [0.1, 0.15) is 25.4 Å². The van der Waals surface area contributed by atoms with Crippen molar-refractivity contribution in [2.45, 2.75) is 411 Å². The zero-order chi connectivity index (χ0) is 80.8. The number of carbonyl (C=O) groups is 3. The van der Waals surface area contributed by atoms with Crippen LogP contribution < -0.4 is 0 Å². The van der Waals surface area contributed by atoms with Gasteiger partial charge in [-0.25, -0.2) is 9.13 Å². The largest absolute Gasteiger partial charge is 0.472 e. The van der Waals surface area contributed by atoms with Crippen molar-refractivity contribution >= 4 is 33.6 Å². The van der Waals surface area contributed by atoms with Crippen molar-refractivity contribution < 1.29 is 75.8 Å². The van der Waals surface area contributed by atoms with Crippen molar-refractivity contribution in [3.05, 3.63) is 122 Å². The Kier molecular flexibility index (Phi) is 82.2. The molecule has 5 unspecified atom stereocenters. The van der Waals surface area contributed by atoms with Gasteiger partial charge < -0.3 is 34.2 Å². The third kappa shape index (κ3) is 86.6. The summed E-state index contributed by atoms with van der Waals surface area (Å²) in [5.41, 5.74) is 0. The molecule has 0 saturated heterocycles. The highest BCUT2D eigenvalue weighted by Gasteiger charge is 2.29. The van der Waals surface area contributed by atoms with Gasteiger partial charge in [-0.3, -0.25) is 32.5 Å².